The Morgan fingerprint density at radius 2 is 2.12 bits per heavy atom. The lowest BCUT2D eigenvalue weighted by Gasteiger charge is -2.19. The van der Waals surface area contributed by atoms with Crippen molar-refractivity contribution >= 4 is 22.5 Å². The molecule has 17 heavy (non-hydrogen) atoms. The number of fused-ring (bicyclic) bond motifs is 1. The van der Waals surface area contributed by atoms with E-state index in [2.05, 4.69) is 15.5 Å². The van der Waals surface area contributed by atoms with Crippen LogP contribution in [0.3, 0.4) is 0 Å². The molecule has 0 unspecified atom stereocenters. The number of carbonyl (C=O) groups is 1. The predicted molar refractivity (Wildman–Crippen MR) is 67.7 cm³/mol. The van der Waals surface area contributed by atoms with Gasteiger partial charge in [-0.05, 0) is 39.0 Å². The molecule has 1 heterocycles. The Bertz CT molecular complexity index is 565. The molecule has 0 atom stereocenters. The maximum absolute atomic E-state index is 12.0. The number of nitrogens with two attached hydrogens (primary N) is 1. The summed E-state index contributed by atoms with van der Waals surface area (Å²) in [5.74, 6) is -0.200. The zero-order chi connectivity index (χ0) is 12.6. The van der Waals surface area contributed by atoms with Gasteiger partial charge in [0.2, 0.25) is 0 Å². The van der Waals surface area contributed by atoms with E-state index in [-0.39, 0.29) is 11.4 Å². The van der Waals surface area contributed by atoms with E-state index in [1.807, 2.05) is 26.8 Å². The summed E-state index contributed by atoms with van der Waals surface area (Å²) in [6.07, 6.45) is 0. The van der Waals surface area contributed by atoms with Gasteiger partial charge in [0, 0.05) is 16.6 Å². The highest BCUT2D eigenvalue weighted by Crippen LogP contribution is 2.19. The minimum Gasteiger partial charge on any atom is -0.399 e. The number of hydrogen-bond donors (Lipinski definition) is 3. The van der Waals surface area contributed by atoms with E-state index in [1.165, 1.54) is 0 Å². The first-order valence-electron chi connectivity index (χ1n) is 5.43. The van der Waals surface area contributed by atoms with Crippen LogP contribution in [0.1, 0.15) is 31.3 Å². The number of benzene rings is 1. The second-order valence-corrected chi connectivity index (χ2v) is 5.08. The lowest BCUT2D eigenvalue weighted by molar-refractivity contribution is 0.0916. The van der Waals surface area contributed by atoms with Gasteiger partial charge < -0.3 is 11.1 Å². The molecule has 0 saturated carbocycles. The number of aromatic nitrogens is 2. The van der Waals surface area contributed by atoms with Crippen LogP contribution in [0.4, 0.5) is 5.69 Å². The third kappa shape index (κ3) is 2.38. The first kappa shape index (κ1) is 11.4. The van der Waals surface area contributed by atoms with Crippen LogP contribution in [-0.2, 0) is 0 Å². The van der Waals surface area contributed by atoms with Crippen LogP contribution in [0.15, 0.2) is 18.2 Å². The summed E-state index contributed by atoms with van der Waals surface area (Å²) >= 11 is 0. The molecule has 1 aromatic heterocycles. The number of amides is 1. The molecule has 90 valence electrons. The van der Waals surface area contributed by atoms with Crippen molar-refractivity contribution in [3.63, 3.8) is 0 Å². The Kier molecular flexibility index (Phi) is 2.53. The minimum absolute atomic E-state index is 0.200. The third-order valence-corrected chi connectivity index (χ3v) is 2.29. The normalized spacial score (nSPS) is 11.7. The largest absolute Gasteiger partial charge is 0.399 e. The minimum atomic E-state index is -0.289. The third-order valence-electron chi connectivity index (χ3n) is 2.29. The van der Waals surface area contributed by atoms with Gasteiger partial charge in [-0.1, -0.05) is 0 Å². The second-order valence-electron chi connectivity index (χ2n) is 5.08. The number of anilines is 1. The average molecular weight is 232 g/mol. The molecule has 5 nitrogen and oxygen atoms in total. The molecule has 0 saturated heterocycles. The van der Waals surface area contributed by atoms with E-state index in [0.717, 1.165) is 10.9 Å². The van der Waals surface area contributed by atoms with Gasteiger partial charge in [-0.2, -0.15) is 5.10 Å². The first-order chi connectivity index (χ1) is 7.87. The van der Waals surface area contributed by atoms with Crippen molar-refractivity contribution in [3.05, 3.63) is 23.9 Å². The van der Waals surface area contributed by atoms with Crippen molar-refractivity contribution in [2.24, 2.45) is 0 Å². The van der Waals surface area contributed by atoms with Crippen LogP contribution in [0.5, 0.6) is 0 Å². The fourth-order valence-corrected chi connectivity index (χ4v) is 1.60. The summed E-state index contributed by atoms with van der Waals surface area (Å²) in [5.41, 5.74) is 7.21. The molecule has 0 fully saturated rings. The summed E-state index contributed by atoms with van der Waals surface area (Å²) in [5, 5.41) is 10.5. The Morgan fingerprint density at radius 3 is 2.76 bits per heavy atom. The number of aromatic amines is 1. The van der Waals surface area contributed by atoms with Crippen molar-refractivity contribution in [2.45, 2.75) is 26.3 Å². The Hall–Kier alpha value is -2.04. The summed E-state index contributed by atoms with van der Waals surface area (Å²) in [4.78, 5) is 12.0. The maximum Gasteiger partial charge on any atom is 0.272 e. The fraction of sp³-hybridized carbons (Fsp3) is 0.333. The monoisotopic (exact) mass is 232 g/mol. The molecule has 0 aliphatic heterocycles. The van der Waals surface area contributed by atoms with E-state index in [1.54, 1.807) is 12.1 Å². The Morgan fingerprint density at radius 1 is 1.41 bits per heavy atom. The molecule has 4 N–H and O–H groups in total. The van der Waals surface area contributed by atoms with E-state index in [0.29, 0.717) is 11.4 Å². The van der Waals surface area contributed by atoms with Crippen LogP contribution < -0.4 is 11.1 Å². The fourth-order valence-electron chi connectivity index (χ4n) is 1.60. The van der Waals surface area contributed by atoms with E-state index >= 15 is 0 Å². The van der Waals surface area contributed by atoms with Gasteiger partial charge in [-0.15, -0.1) is 0 Å². The number of nitrogens with one attached hydrogen (secondary N) is 2. The number of nitrogen functional groups attached to an aromatic ring is 1. The van der Waals surface area contributed by atoms with Crippen molar-refractivity contribution in [2.75, 3.05) is 5.73 Å². The van der Waals surface area contributed by atoms with Gasteiger partial charge in [0.1, 0.15) is 0 Å². The lowest BCUT2D eigenvalue weighted by atomic mass is 10.1. The summed E-state index contributed by atoms with van der Waals surface area (Å²) in [6.45, 7) is 5.77. The molecule has 0 spiro atoms. The van der Waals surface area contributed by atoms with Crippen molar-refractivity contribution in [1.82, 2.24) is 15.5 Å². The molecule has 0 aliphatic carbocycles. The van der Waals surface area contributed by atoms with E-state index in [9.17, 15) is 4.79 Å². The van der Waals surface area contributed by atoms with Crippen LogP contribution >= 0.6 is 0 Å². The molecule has 0 bridgehead atoms. The van der Waals surface area contributed by atoms with Gasteiger partial charge >= 0.3 is 0 Å². The first-order valence-corrected chi connectivity index (χ1v) is 5.43. The van der Waals surface area contributed by atoms with Gasteiger partial charge in [0.15, 0.2) is 5.69 Å². The summed E-state index contributed by atoms with van der Waals surface area (Å²) in [7, 11) is 0. The Labute approximate surface area is 99.4 Å². The van der Waals surface area contributed by atoms with Gasteiger partial charge in [0.05, 0.1) is 5.52 Å². The zero-order valence-electron chi connectivity index (χ0n) is 10.2. The van der Waals surface area contributed by atoms with Crippen LogP contribution in [-0.4, -0.2) is 21.6 Å². The highest BCUT2D eigenvalue weighted by Gasteiger charge is 2.19. The summed E-state index contributed by atoms with van der Waals surface area (Å²) < 4.78 is 0. The number of H-pyrrole nitrogens is 1. The van der Waals surface area contributed by atoms with Crippen LogP contribution in [0.25, 0.3) is 10.9 Å². The van der Waals surface area contributed by atoms with Crippen LogP contribution in [0, 0.1) is 0 Å². The quantitative estimate of drug-likeness (QED) is 0.654. The molecule has 1 amide bonds. The molecule has 0 radical (unpaired) electrons. The molecular formula is C12H16N4O. The predicted octanol–water partition coefficient (Wildman–Crippen LogP) is 1.67. The molecule has 1 aromatic carbocycles. The standard InChI is InChI=1S/C12H16N4O/c1-12(2,3)14-11(17)10-8-6-7(13)4-5-9(8)15-16-10/h4-6H,13H2,1-3H3,(H,14,17)(H,15,16). The maximum atomic E-state index is 12.0. The van der Waals surface area contributed by atoms with Crippen molar-refractivity contribution < 1.29 is 4.79 Å². The number of nitrogens with zero attached hydrogens (tertiary/aromatic N) is 1. The van der Waals surface area contributed by atoms with Crippen molar-refractivity contribution in [3.8, 4) is 0 Å². The topological polar surface area (TPSA) is 83.8 Å². The highest BCUT2D eigenvalue weighted by molar-refractivity contribution is 6.05. The number of hydrogen-bond acceptors (Lipinski definition) is 3. The smallest absolute Gasteiger partial charge is 0.272 e. The lowest BCUT2D eigenvalue weighted by Crippen LogP contribution is -2.40. The van der Waals surface area contributed by atoms with Crippen molar-refractivity contribution in [1.29, 1.82) is 0 Å². The number of carbonyl (C=O) groups excluding carboxylic acids is 1. The number of rotatable bonds is 1. The summed E-state index contributed by atoms with van der Waals surface area (Å²) in [6, 6.07) is 5.33. The SMILES string of the molecule is CC(C)(C)NC(=O)c1n[nH]c2ccc(N)cc12. The highest BCUT2D eigenvalue weighted by atomic mass is 16.2. The van der Waals surface area contributed by atoms with E-state index in [4.69, 9.17) is 5.73 Å². The average Bonchev–Trinajstić information content (AvgIpc) is 2.57. The van der Waals surface area contributed by atoms with Gasteiger partial charge in [0.25, 0.3) is 5.91 Å². The zero-order valence-corrected chi connectivity index (χ0v) is 10.2. The van der Waals surface area contributed by atoms with Gasteiger partial charge in [-0.25, -0.2) is 0 Å². The van der Waals surface area contributed by atoms with E-state index < -0.39 is 0 Å². The molecular weight excluding hydrogens is 216 g/mol. The van der Waals surface area contributed by atoms with Crippen LogP contribution in [0.2, 0.25) is 0 Å². The molecule has 0 aliphatic rings. The second kappa shape index (κ2) is 3.76. The Balaban J connectivity index is 2.42. The van der Waals surface area contributed by atoms with Gasteiger partial charge in [-0.3, -0.25) is 9.89 Å². The molecule has 2 rings (SSSR count). The molecule has 5 heteroatoms. The molecule has 2 aromatic rings.